The van der Waals surface area contributed by atoms with Gasteiger partial charge in [0.1, 0.15) is 0 Å². The summed E-state index contributed by atoms with van der Waals surface area (Å²) in [6, 6.07) is 16.9. The molecule has 0 saturated carbocycles. The van der Waals surface area contributed by atoms with Crippen molar-refractivity contribution in [3.63, 3.8) is 0 Å². The molecule has 0 spiro atoms. The Morgan fingerprint density at radius 3 is 1.85 bits per heavy atom. The Hall–Kier alpha value is -2.95. The van der Waals surface area contributed by atoms with Crippen molar-refractivity contribution in [1.29, 1.82) is 0 Å². The van der Waals surface area contributed by atoms with Crippen molar-refractivity contribution < 1.29 is 14.4 Å². The third kappa shape index (κ3) is 3.29. The Morgan fingerprint density at radius 2 is 1.35 bits per heavy atom. The summed E-state index contributed by atoms with van der Waals surface area (Å²) in [6.45, 7) is 0. The lowest BCUT2D eigenvalue weighted by molar-refractivity contribution is -0.112. The van der Waals surface area contributed by atoms with Crippen LogP contribution in [0, 0.1) is 0 Å². The Balaban J connectivity index is 2.19. The summed E-state index contributed by atoms with van der Waals surface area (Å²) in [4.78, 5) is 27.8. The molecule has 0 atom stereocenters. The highest BCUT2D eigenvalue weighted by Gasteiger charge is 2.13. The maximum Gasteiger partial charge on any atom is 0.365 e. The fraction of sp³-hybridized carbons (Fsp3) is 0. The molecular weight excluding hydrogens is 256 g/mol. The molecule has 2 N–H and O–H groups in total. The zero-order chi connectivity index (χ0) is 14.4. The first kappa shape index (κ1) is 13.5. The van der Waals surface area contributed by atoms with Gasteiger partial charge in [-0.25, -0.2) is 4.79 Å². The number of primary amides is 1. The number of hydrogen-bond acceptors (Lipinski definition) is 4. The van der Waals surface area contributed by atoms with Gasteiger partial charge in [-0.05, 0) is 12.1 Å². The van der Waals surface area contributed by atoms with Crippen molar-refractivity contribution in [2.75, 3.05) is 0 Å². The van der Waals surface area contributed by atoms with Crippen LogP contribution in [0.15, 0.2) is 65.8 Å². The average Bonchev–Trinajstić information content (AvgIpc) is 2.49. The van der Waals surface area contributed by atoms with E-state index < -0.39 is 11.9 Å². The van der Waals surface area contributed by atoms with E-state index >= 15 is 0 Å². The van der Waals surface area contributed by atoms with Crippen LogP contribution < -0.4 is 5.73 Å². The zero-order valence-electron chi connectivity index (χ0n) is 10.5. The second kappa shape index (κ2) is 6.29. The summed E-state index contributed by atoms with van der Waals surface area (Å²) in [5, 5.41) is 3.56. The van der Waals surface area contributed by atoms with Gasteiger partial charge in [0.2, 0.25) is 0 Å². The molecule has 5 heteroatoms. The first-order valence-corrected chi connectivity index (χ1v) is 5.88. The number of carbonyl (C=O) groups is 2. The quantitative estimate of drug-likeness (QED) is 0.521. The minimum absolute atomic E-state index is 0.102. The van der Waals surface area contributed by atoms with Crippen LogP contribution in [-0.2, 0) is 9.63 Å². The van der Waals surface area contributed by atoms with E-state index in [0.29, 0.717) is 11.1 Å². The van der Waals surface area contributed by atoms with Crippen LogP contribution >= 0.6 is 0 Å². The van der Waals surface area contributed by atoms with Crippen LogP contribution in [0.4, 0.5) is 0 Å². The normalized spacial score (nSPS) is 10.9. The fourth-order valence-corrected chi connectivity index (χ4v) is 1.55. The summed E-state index contributed by atoms with van der Waals surface area (Å²) in [5.41, 5.74) is 5.96. The van der Waals surface area contributed by atoms with Gasteiger partial charge in [0.15, 0.2) is 5.71 Å². The van der Waals surface area contributed by atoms with Gasteiger partial charge in [0.25, 0.3) is 5.91 Å². The van der Waals surface area contributed by atoms with Gasteiger partial charge >= 0.3 is 5.97 Å². The molecule has 0 saturated heterocycles. The average molecular weight is 268 g/mol. The predicted molar refractivity (Wildman–Crippen MR) is 74.0 cm³/mol. The van der Waals surface area contributed by atoms with Gasteiger partial charge in [0.05, 0.1) is 5.56 Å². The van der Waals surface area contributed by atoms with Crippen molar-refractivity contribution >= 4 is 17.6 Å². The molecule has 0 bridgehead atoms. The summed E-state index contributed by atoms with van der Waals surface area (Å²) in [6.07, 6.45) is 0. The number of benzene rings is 2. The molecule has 100 valence electrons. The molecule has 0 aromatic heterocycles. The Bertz CT molecular complexity index is 637. The largest absolute Gasteiger partial charge is 0.365 e. The lowest BCUT2D eigenvalue weighted by Gasteiger charge is -2.02. The molecule has 2 aromatic rings. The molecule has 0 radical (unpaired) electrons. The van der Waals surface area contributed by atoms with Gasteiger partial charge in [-0.1, -0.05) is 53.7 Å². The SMILES string of the molecule is NC(=O)C(=NOC(=O)c1ccccc1)c1ccccc1. The molecule has 0 fully saturated rings. The Morgan fingerprint density at radius 1 is 0.850 bits per heavy atom. The van der Waals surface area contributed by atoms with Crippen LogP contribution in [0.2, 0.25) is 0 Å². The van der Waals surface area contributed by atoms with E-state index in [1.807, 2.05) is 0 Å². The highest BCUT2D eigenvalue weighted by molar-refractivity contribution is 6.44. The first-order chi connectivity index (χ1) is 9.68. The minimum Gasteiger partial charge on any atom is -0.364 e. The highest BCUT2D eigenvalue weighted by atomic mass is 16.7. The molecule has 0 heterocycles. The number of hydrogen-bond donors (Lipinski definition) is 1. The Labute approximate surface area is 115 Å². The lowest BCUT2D eigenvalue weighted by atomic mass is 10.1. The molecule has 0 unspecified atom stereocenters. The minimum atomic E-state index is -0.767. The molecule has 5 nitrogen and oxygen atoms in total. The molecule has 2 rings (SSSR count). The smallest absolute Gasteiger partial charge is 0.364 e. The van der Waals surface area contributed by atoms with Crippen LogP contribution in [0.3, 0.4) is 0 Å². The number of nitrogens with zero attached hydrogens (tertiary/aromatic N) is 1. The molecule has 1 amide bonds. The van der Waals surface area contributed by atoms with E-state index in [2.05, 4.69) is 5.16 Å². The molecule has 20 heavy (non-hydrogen) atoms. The summed E-state index contributed by atoms with van der Waals surface area (Å²) >= 11 is 0. The van der Waals surface area contributed by atoms with Gasteiger partial charge in [-0.15, -0.1) is 0 Å². The number of oxime groups is 1. The maximum absolute atomic E-state index is 11.7. The molecule has 2 aromatic carbocycles. The van der Waals surface area contributed by atoms with Crippen molar-refractivity contribution in [2.45, 2.75) is 0 Å². The second-order valence-electron chi connectivity index (χ2n) is 3.91. The van der Waals surface area contributed by atoms with Crippen LogP contribution in [-0.4, -0.2) is 17.6 Å². The van der Waals surface area contributed by atoms with Crippen molar-refractivity contribution in [2.24, 2.45) is 10.9 Å². The molecule has 0 aliphatic heterocycles. The topological polar surface area (TPSA) is 81.8 Å². The van der Waals surface area contributed by atoms with Crippen molar-refractivity contribution in [1.82, 2.24) is 0 Å². The highest BCUT2D eigenvalue weighted by Crippen LogP contribution is 2.05. The van der Waals surface area contributed by atoms with Crippen molar-refractivity contribution in [3.8, 4) is 0 Å². The zero-order valence-corrected chi connectivity index (χ0v) is 10.5. The van der Waals surface area contributed by atoms with Gasteiger partial charge in [-0.3, -0.25) is 4.79 Å². The van der Waals surface area contributed by atoms with E-state index in [9.17, 15) is 9.59 Å². The van der Waals surface area contributed by atoms with E-state index in [1.165, 1.54) is 0 Å². The second-order valence-corrected chi connectivity index (χ2v) is 3.91. The number of amides is 1. The number of rotatable bonds is 4. The molecule has 0 aliphatic carbocycles. The van der Waals surface area contributed by atoms with Gasteiger partial charge in [0, 0.05) is 5.56 Å². The molecule has 0 aliphatic rings. The standard InChI is InChI=1S/C15H12N2O3/c16-14(18)13(11-7-3-1-4-8-11)17-20-15(19)12-9-5-2-6-10-12/h1-10H,(H2,16,18). The van der Waals surface area contributed by atoms with E-state index in [-0.39, 0.29) is 5.71 Å². The van der Waals surface area contributed by atoms with Gasteiger partial charge in [-0.2, -0.15) is 0 Å². The summed E-state index contributed by atoms with van der Waals surface area (Å²) < 4.78 is 0. The maximum atomic E-state index is 11.7. The monoisotopic (exact) mass is 268 g/mol. The summed E-state index contributed by atoms with van der Waals surface area (Å²) in [5.74, 6) is -1.42. The van der Waals surface area contributed by atoms with E-state index in [0.717, 1.165) is 0 Å². The number of nitrogens with two attached hydrogens (primary N) is 1. The predicted octanol–water partition coefficient (Wildman–Crippen LogP) is 1.73. The Kier molecular flexibility index (Phi) is 4.24. The third-order valence-corrected chi connectivity index (χ3v) is 2.51. The van der Waals surface area contributed by atoms with Crippen LogP contribution in [0.1, 0.15) is 15.9 Å². The fourth-order valence-electron chi connectivity index (χ4n) is 1.55. The van der Waals surface area contributed by atoms with Crippen LogP contribution in [0.5, 0.6) is 0 Å². The van der Waals surface area contributed by atoms with E-state index in [4.69, 9.17) is 10.6 Å². The van der Waals surface area contributed by atoms with Gasteiger partial charge < -0.3 is 10.6 Å². The van der Waals surface area contributed by atoms with Crippen molar-refractivity contribution in [3.05, 3.63) is 71.8 Å². The first-order valence-electron chi connectivity index (χ1n) is 5.88. The number of carbonyl (C=O) groups excluding carboxylic acids is 2. The van der Waals surface area contributed by atoms with E-state index in [1.54, 1.807) is 60.7 Å². The third-order valence-electron chi connectivity index (χ3n) is 2.51. The molecular formula is C15H12N2O3. The lowest BCUT2D eigenvalue weighted by Crippen LogP contribution is -2.25. The summed E-state index contributed by atoms with van der Waals surface area (Å²) in [7, 11) is 0. The van der Waals surface area contributed by atoms with Crippen LogP contribution in [0.25, 0.3) is 0 Å².